The summed E-state index contributed by atoms with van der Waals surface area (Å²) in [6.07, 6.45) is 7.51. The fourth-order valence-corrected chi connectivity index (χ4v) is 1.63. The third-order valence-electron chi connectivity index (χ3n) is 2.68. The third-order valence-corrected chi connectivity index (χ3v) is 2.68. The summed E-state index contributed by atoms with van der Waals surface area (Å²) >= 11 is 0. The van der Waals surface area contributed by atoms with Gasteiger partial charge in [0, 0.05) is 7.05 Å². The van der Waals surface area contributed by atoms with Gasteiger partial charge >= 0.3 is 6.01 Å². The van der Waals surface area contributed by atoms with E-state index in [0.717, 1.165) is 12.8 Å². The van der Waals surface area contributed by atoms with Crippen molar-refractivity contribution < 1.29 is 4.74 Å². The molecule has 0 amide bonds. The molecular weight excluding hydrogens is 258 g/mol. The Morgan fingerprint density at radius 2 is 2.10 bits per heavy atom. The molecule has 0 saturated heterocycles. The number of hydrogen-bond acceptors (Lipinski definition) is 7. The fraction of sp³-hybridized carbons (Fsp3) is 0.583. The maximum Gasteiger partial charge on any atom is 0.323 e. The van der Waals surface area contributed by atoms with Gasteiger partial charge in [-0.25, -0.2) is 4.98 Å². The molecular formula is C12H19N7O. The molecule has 0 radical (unpaired) electrons. The summed E-state index contributed by atoms with van der Waals surface area (Å²) in [6, 6.07) is 0.298. The van der Waals surface area contributed by atoms with E-state index >= 15 is 0 Å². The Labute approximate surface area is 117 Å². The Morgan fingerprint density at radius 1 is 1.20 bits per heavy atom. The molecule has 8 heteroatoms. The molecule has 2 aromatic heterocycles. The average Bonchev–Trinajstić information content (AvgIpc) is 3.01. The van der Waals surface area contributed by atoms with E-state index in [1.807, 2.05) is 0 Å². The second kappa shape index (κ2) is 7.37. The van der Waals surface area contributed by atoms with Gasteiger partial charge in [0.15, 0.2) is 0 Å². The van der Waals surface area contributed by atoms with Crippen LogP contribution in [0.5, 0.6) is 6.01 Å². The summed E-state index contributed by atoms with van der Waals surface area (Å²) in [4.78, 5) is 16.4. The van der Waals surface area contributed by atoms with Gasteiger partial charge in [0.2, 0.25) is 5.95 Å². The second-order valence-electron chi connectivity index (χ2n) is 4.24. The maximum atomic E-state index is 5.57. The molecule has 0 aliphatic carbocycles. The van der Waals surface area contributed by atoms with Crippen LogP contribution >= 0.6 is 0 Å². The molecule has 2 rings (SSSR count). The fourth-order valence-electron chi connectivity index (χ4n) is 1.63. The van der Waals surface area contributed by atoms with Crippen LogP contribution in [-0.2, 0) is 0 Å². The number of nitrogens with zero attached hydrogens (tertiary/aromatic N) is 6. The van der Waals surface area contributed by atoms with E-state index in [1.165, 1.54) is 30.2 Å². The van der Waals surface area contributed by atoms with Gasteiger partial charge in [0.05, 0.1) is 6.61 Å². The zero-order valence-electron chi connectivity index (χ0n) is 11.8. The number of anilines is 1. The van der Waals surface area contributed by atoms with Crippen molar-refractivity contribution in [2.24, 2.45) is 0 Å². The molecule has 20 heavy (non-hydrogen) atoms. The van der Waals surface area contributed by atoms with E-state index in [1.54, 1.807) is 7.05 Å². The Bertz CT molecular complexity index is 515. The van der Waals surface area contributed by atoms with Gasteiger partial charge in [-0.3, -0.25) is 0 Å². The van der Waals surface area contributed by atoms with Gasteiger partial charge in [0.25, 0.3) is 5.95 Å². The number of nitrogens with one attached hydrogen (secondary N) is 1. The standard InChI is InChI=1S/C12H19N7O/c1-3-4-5-6-7-20-12-17-10(13-2)16-11(18-12)19-9-14-8-15-19/h8-9H,3-7H2,1-2H3,(H,13,16,17,18). The zero-order chi connectivity index (χ0) is 14.2. The zero-order valence-corrected chi connectivity index (χ0v) is 11.8. The minimum atomic E-state index is 0.298. The van der Waals surface area contributed by atoms with Gasteiger partial charge in [0.1, 0.15) is 12.7 Å². The Balaban J connectivity index is 2.03. The normalized spacial score (nSPS) is 10.5. The summed E-state index contributed by atoms with van der Waals surface area (Å²) in [5.41, 5.74) is 0. The molecule has 0 aliphatic rings. The van der Waals surface area contributed by atoms with Crippen molar-refractivity contribution in [3.63, 3.8) is 0 Å². The van der Waals surface area contributed by atoms with Crippen molar-refractivity contribution >= 4 is 5.95 Å². The first-order valence-corrected chi connectivity index (χ1v) is 6.75. The van der Waals surface area contributed by atoms with Crippen LogP contribution in [0.15, 0.2) is 12.7 Å². The number of aromatic nitrogens is 6. The van der Waals surface area contributed by atoms with Gasteiger partial charge in [-0.1, -0.05) is 26.2 Å². The highest BCUT2D eigenvalue weighted by Gasteiger charge is 2.08. The molecule has 0 aliphatic heterocycles. The molecule has 2 heterocycles. The Kier molecular flexibility index (Phi) is 5.22. The van der Waals surface area contributed by atoms with Gasteiger partial charge in [-0.05, 0) is 6.42 Å². The van der Waals surface area contributed by atoms with Crippen molar-refractivity contribution in [2.75, 3.05) is 19.0 Å². The lowest BCUT2D eigenvalue weighted by Gasteiger charge is -2.07. The SMILES string of the molecule is CCCCCCOc1nc(NC)nc(-n2cncn2)n1. The molecule has 0 unspecified atom stereocenters. The molecule has 108 valence electrons. The first kappa shape index (κ1) is 14.2. The number of ether oxygens (including phenoxy) is 1. The lowest BCUT2D eigenvalue weighted by Crippen LogP contribution is -2.10. The van der Waals surface area contributed by atoms with Gasteiger partial charge in [-0.2, -0.15) is 24.7 Å². The van der Waals surface area contributed by atoms with Crippen LogP contribution in [0, 0.1) is 0 Å². The Hall–Kier alpha value is -2.25. The second-order valence-corrected chi connectivity index (χ2v) is 4.24. The smallest absolute Gasteiger partial charge is 0.323 e. The molecule has 2 aromatic rings. The monoisotopic (exact) mass is 277 g/mol. The summed E-state index contributed by atoms with van der Waals surface area (Å²) in [5, 5.41) is 6.87. The van der Waals surface area contributed by atoms with E-state index in [9.17, 15) is 0 Å². The van der Waals surface area contributed by atoms with Crippen molar-refractivity contribution in [1.29, 1.82) is 0 Å². The predicted molar refractivity (Wildman–Crippen MR) is 73.9 cm³/mol. The van der Waals surface area contributed by atoms with Crippen molar-refractivity contribution in [3.8, 4) is 12.0 Å². The highest BCUT2D eigenvalue weighted by atomic mass is 16.5. The van der Waals surface area contributed by atoms with Crippen LogP contribution in [0.3, 0.4) is 0 Å². The molecule has 0 spiro atoms. The minimum Gasteiger partial charge on any atom is -0.463 e. The summed E-state index contributed by atoms with van der Waals surface area (Å²) < 4.78 is 7.03. The number of hydrogen-bond donors (Lipinski definition) is 1. The van der Waals surface area contributed by atoms with Crippen LogP contribution < -0.4 is 10.1 Å². The summed E-state index contributed by atoms with van der Waals surface area (Å²) in [5.74, 6) is 0.819. The molecule has 1 N–H and O–H groups in total. The topological polar surface area (TPSA) is 90.6 Å². The van der Waals surface area contributed by atoms with Crippen LogP contribution in [0.2, 0.25) is 0 Å². The highest BCUT2D eigenvalue weighted by molar-refractivity contribution is 5.28. The van der Waals surface area contributed by atoms with E-state index in [4.69, 9.17) is 4.74 Å². The first-order valence-electron chi connectivity index (χ1n) is 6.75. The van der Waals surface area contributed by atoms with Crippen molar-refractivity contribution in [3.05, 3.63) is 12.7 Å². The third kappa shape index (κ3) is 3.87. The Morgan fingerprint density at radius 3 is 2.80 bits per heavy atom. The van der Waals surface area contributed by atoms with Crippen LogP contribution in [0.1, 0.15) is 32.6 Å². The maximum absolute atomic E-state index is 5.57. The lowest BCUT2D eigenvalue weighted by atomic mass is 10.2. The quantitative estimate of drug-likeness (QED) is 0.730. The number of unbranched alkanes of at least 4 members (excludes halogenated alkanes) is 3. The van der Waals surface area contributed by atoms with Crippen LogP contribution in [0.25, 0.3) is 5.95 Å². The van der Waals surface area contributed by atoms with E-state index in [0.29, 0.717) is 24.5 Å². The molecule has 0 saturated carbocycles. The molecule has 0 aromatic carbocycles. The van der Waals surface area contributed by atoms with Crippen molar-refractivity contribution in [2.45, 2.75) is 32.6 Å². The average molecular weight is 277 g/mol. The molecule has 0 atom stereocenters. The first-order chi connectivity index (χ1) is 9.83. The van der Waals surface area contributed by atoms with E-state index in [2.05, 4.69) is 37.3 Å². The lowest BCUT2D eigenvalue weighted by molar-refractivity contribution is 0.281. The summed E-state index contributed by atoms with van der Waals surface area (Å²) in [6.45, 7) is 2.78. The van der Waals surface area contributed by atoms with Gasteiger partial charge in [-0.15, -0.1) is 0 Å². The predicted octanol–water partition coefficient (Wildman–Crippen LogP) is 1.45. The van der Waals surface area contributed by atoms with Crippen LogP contribution in [-0.4, -0.2) is 43.4 Å². The largest absolute Gasteiger partial charge is 0.463 e. The molecule has 0 fully saturated rings. The summed E-state index contributed by atoms with van der Waals surface area (Å²) in [7, 11) is 1.74. The van der Waals surface area contributed by atoms with Gasteiger partial charge < -0.3 is 10.1 Å². The minimum absolute atomic E-state index is 0.298. The molecule has 8 nitrogen and oxygen atoms in total. The number of rotatable bonds is 8. The molecule has 0 bridgehead atoms. The van der Waals surface area contributed by atoms with E-state index < -0.39 is 0 Å². The van der Waals surface area contributed by atoms with Crippen molar-refractivity contribution in [1.82, 2.24) is 29.7 Å². The van der Waals surface area contributed by atoms with Crippen LogP contribution in [0.4, 0.5) is 5.95 Å². The van der Waals surface area contributed by atoms with E-state index in [-0.39, 0.29) is 0 Å². The highest BCUT2D eigenvalue weighted by Crippen LogP contribution is 2.10.